The summed E-state index contributed by atoms with van der Waals surface area (Å²) >= 11 is 1.51. The van der Waals surface area contributed by atoms with E-state index in [1.54, 1.807) is 0 Å². The van der Waals surface area contributed by atoms with Gasteiger partial charge in [0.1, 0.15) is 0 Å². The Balaban J connectivity index is 2.27. The summed E-state index contributed by atoms with van der Waals surface area (Å²) in [4.78, 5) is 16.4. The van der Waals surface area contributed by atoms with Crippen LogP contribution in [0.5, 0.6) is 0 Å². The van der Waals surface area contributed by atoms with Crippen LogP contribution in [-0.2, 0) is 11.3 Å². The van der Waals surface area contributed by atoms with Gasteiger partial charge in [0.2, 0.25) is 5.91 Å². The van der Waals surface area contributed by atoms with E-state index in [1.807, 2.05) is 32.0 Å². The topological polar surface area (TPSA) is 46.9 Å². The largest absolute Gasteiger partial charge is 0.355 e. The van der Waals surface area contributed by atoms with Crippen LogP contribution in [0, 0.1) is 0 Å². The number of hydrogen-bond acceptors (Lipinski definition) is 3. The van der Waals surface area contributed by atoms with Crippen molar-refractivity contribution in [2.75, 3.05) is 6.54 Å². The number of aryl methyl sites for hydroxylation is 1. The van der Waals surface area contributed by atoms with Crippen molar-refractivity contribution in [3.63, 3.8) is 0 Å². The molecule has 0 fully saturated rings. The molecule has 19 heavy (non-hydrogen) atoms. The summed E-state index contributed by atoms with van der Waals surface area (Å²) in [6, 6.07) is 8.06. The molecule has 0 aliphatic rings. The van der Waals surface area contributed by atoms with Gasteiger partial charge in [0.05, 0.1) is 16.3 Å². The molecular formula is C14H19N3OS. The fraction of sp³-hybridized carbons (Fsp3) is 0.429. The molecule has 2 aromatic rings. The van der Waals surface area contributed by atoms with E-state index in [4.69, 9.17) is 0 Å². The van der Waals surface area contributed by atoms with E-state index < -0.39 is 0 Å². The van der Waals surface area contributed by atoms with Gasteiger partial charge < -0.3 is 9.88 Å². The van der Waals surface area contributed by atoms with Crippen LogP contribution in [0.3, 0.4) is 0 Å². The Hall–Kier alpha value is -1.49. The van der Waals surface area contributed by atoms with Gasteiger partial charge in [-0.15, -0.1) is 0 Å². The molecule has 0 spiro atoms. The van der Waals surface area contributed by atoms with Crippen LogP contribution < -0.4 is 5.32 Å². The number of nitrogens with one attached hydrogen (secondary N) is 1. The normalized spacial score (nSPS) is 12.6. The third-order valence-electron chi connectivity index (χ3n) is 2.94. The summed E-state index contributed by atoms with van der Waals surface area (Å²) in [5.41, 5.74) is 2.10. The lowest BCUT2D eigenvalue weighted by Crippen LogP contribution is -2.30. The number of aromatic nitrogens is 2. The van der Waals surface area contributed by atoms with Crippen LogP contribution in [0.2, 0.25) is 0 Å². The quantitative estimate of drug-likeness (QED) is 0.855. The molecule has 1 heterocycles. The third kappa shape index (κ3) is 2.92. The van der Waals surface area contributed by atoms with Crippen molar-refractivity contribution in [1.29, 1.82) is 0 Å². The maximum Gasteiger partial charge on any atom is 0.233 e. The van der Waals surface area contributed by atoms with Crippen molar-refractivity contribution in [1.82, 2.24) is 14.9 Å². The van der Waals surface area contributed by atoms with Gasteiger partial charge in [0.15, 0.2) is 5.16 Å². The van der Waals surface area contributed by atoms with E-state index in [9.17, 15) is 4.79 Å². The number of rotatable bonds is 5. The highest BCUT2D eigenvalue weighted by molar-refractivity contribution is 8.00. The number of carbonyl (C=O) groups excluding carboxylic acids is 1. The van der Waals surface area contributed by atoms with E-state index >= 15 is 0 Å². The molecule has 1 aromatic heterocycles. The Labute approximate surface area is 117 Å². The van der Waals surface area contributed by atoms with Crippen LogP contribution in [0.4, 0.5) is 0 Å². The minimum atomic E-state index is -0.137. The molecule has 1 atom stereocenters. The van der Waals surface area contributed by atoms with Gasteiger partial charge in [0.25, 0.3) is 0 Å². The van der Waals surface area contributed by atoms with Crippen LogP contribution in [-0.4, -0.2) is 27.3 Å². The molecule has 0 radical (unpaired) electrons. The second-order valence-corrected chi connectivity index (χ2v) is 5.59. The molecule has 0 aliphatic carbocycles. The van der Waals surface area contributed by atoms with Crippen molar-refractivity contribution in [2.24, 2.45) is 0 Å². The molecule has 4 nitrogen and oxygen atoms in total. The molecular weight excluding hydrogens is 258 g/mol. The summed E-state index contributed by atoms with van der Waals surface area (Å²) in [5.74, 6) is 0.0576. The second kappa shape index (κ2) is 6.10. The number of para-hydroxylation sites is 2. The first-order valence-electron chi connectivity index (χ1n) is 6.57. The van der Waals surface area contributed by atoms with Crippen molar-refractivity contribution >= 4 is 28.7 Å². The number of carbonyl (C=O) groups is 1. The minimum Gasteiger partial charge on any atom is -0.355 e. The summed E-state index contributed by atoms with van der Waals surface area (Å²) in [6.45, 7) is 7.44. The Morgan fingerprint density at radius 2 is 2.16 bits per heavy atom. The van der Waals surface area contributed by atoms with Gasteiger partial charge in [0, 0.05) is 13.1 Å². The lowest BCUT2D eigenvalue weighted by molar-refractivity contribution is -0.120. The van der Waals surface area contributed by atoms with Gasteiger partial charge in [-0.2, -0.15) is 0 Å². The van der Waals surface area contributed by atoms with E-state index in [0.717, 1.165) is 22.7 Å². The first kappa shape index (κ1) is 13.9. The number of thioether (sulfide) groups is 1. The highest BCUT2D eigenvalue weighted by Gasteiger charge is 2.18. The number of benzene rings is 1. The zero-order valence-electron chi connectivity index (χ0n) is 11.5. The summed E-state index contributed by atoms with van der Waals surface area (Å²) < 4.78 is 2.15. The molecule has 1 N–H and O–H groups in total. The molecule has 1 unspecified atom stereocenters. The fourth-order valence-corrected chi connectivity index (χ4v) is 2.99. The summed E-state index contributed by atoms with van der Waals surface area (Å²) in [6.07, 6.45) is 0. The van der Waals surface area contributed by atoms with Crippen molar-refractivity contribution < 1.29 is 4.79 Å². The molecule has 1 aromatic carbocycles. The molecule has 0 saturated carbocycles. The molecule has 1 amide bonds. The molecule has 2 rings (SSSR count). The molecule has 0 saturated heterocycles. The maximum atomic E-state index is 11.8. The van der Waals surface area contributed by atoms with Gasteiger partial charge in [-0.05, 0) is 32.9 Å². The Morgan fingerprint density at radius 1 is 1.42 bits per heavy atom. The number of hydrogen-bond donors (Lipinski definition) is 1. The number of amides is 1. The Bertz CT molecular complexity index is 579. The first-order valence-corrected chi connectivity index (χ1v) is 7.45. The Morgan fingerprint density at radius 3 is 2.84 bits per heavy atom. The third-order valence-corrected chi connectivity index (χ3v) is 4.03. The SMILES string of the molecule is CCNC(=O)C(C)Sc1nc2ccccc2n1CC. The van der Waals surface area contributed by atoms with Crippen molar-refractivity contribution in [3.05, 3.63) is 24.3 Å². The lowest BCUT2D eigenvalue weighted by atomic mass is 10.3. The predicted octanol–water partition coefficient (Wildman–Crippen LogP) is 2.67. The summed E-state index contributed by atoms with van der Waals surface area (Å²) in [7, 11) is 0. The molecule has 0 bridgehead atoms. The van der Waals surface area contributed by atoms with Gasteiger partial charge in [-0.1, -0.05) is 23.9 Å². The highest BCUT2D eigenvalue weighted by Crippen LogP contribution is 2.27. The van der Waals surface area contributed by atoms with Crippen molar-refractivity contribution in [2.45, 2.75) is 37.7 Å². The number of imidazole rings is 1. The Kier molecular flexibility index (Phi) is 4.47. The average Bonchev–Trinajstić information content (AvgIpc) is 2.75. The van der Waals surface area contributed by atoms with Crippen LogP contribution >= 0.6 is 11.8 Å². The fourth-order valence-electron chi connectivity index (χ4n) is 1.98. The number of fused-ring (bicyclic) bond motifs is 1. The van der Waals surface area contributed by atoms with Crippen LogP contribution in [0.25, 0.3) is 11.0 Å². The van der Waals surface area contributed by atoms with Crippen molar-refractivity contribution in [3.8, 4) is 0 Å². The monoisotopic (exact) mass is 277 g/mol. The lowest BCUT2D eigenvalue weighted by Gasteiger charge is -2.11. The molecule has 0 aliphatic heterocycles. The zero-order chi connectivity index (χ0) is 13.8. The smallest absolute Gasteiger partial charge is 0.233 e. The van der Waals surface area contributed by atoms with Gasteiger partial charge >= 0.3 is 0 Å². The van der Waals surface area contributed by atoms with E-state index in [0.29, 0.717) is 6.54 Å². The average molecular weight is 277 g/mol. The zero-order valence-corrected chi connectivity index (χ0v) is 12.3. The summed E-state index contributed by atoms with van der Waals surface area (Å²) in [5, 5.41) is 3.61. The second-order valence-electron chi connectivity index (χ2n) is 4.28. The maximum absolute atomic E-state index is 11.8. The number of nitrogens with zero attached hydrogens (tertiary/aromatic N) is 2. The predicted molar refractivity (Wildman–Crippen MR) is 79.4 cm³/mol. The van der Waals surface area contributed by atoms with E-state index in [-0.39, 0.29) is 11.2 Å². The first-order chi connectivity index (χ1) is 9.17. The van der Waals surface area contributed by atoms with E-state index in [2.05, 4.69) is 27.9 Å². The van der Waals surface area contributed by atoms with Crippen LogP contribution in [0.15, 0.2) is 29.4 Å². The molecule has 102 valence electrons. The van der Waals surface area contributed by atoms with Gasteiger partial charge in [-0.25, -0.2) is 4.98 Å². The van der Waals surface area contributed by atoms with Crippen LogP contribution in [0.1, 0.15) is 20.8 Å². The minimum absolute atomic E-state index is 0.0576. The molecule has 5 heteroatoms. The van der Waals surface area contributed by atoms with Gasteiger partial charge in [-0.3, -0.25) is 4.79 Å². The van der Waals surface area contributed by atoms with E-state index in [1.165, 1.54) is 11.8 Å². The highest BCUT2D eigenvalue weighted by atomic mass is 32.2. The standard InChI is InChI=1S/C14H19N3OS/c1-4-15-13(18)10(3)19-14-16-11-8-6-7-9-12(11)17(14)5-2/h6-10H,4-5H2,1-3H3,(H,15,18).